The second-order valence-electron chi connectivity index (χ2n) is 4.58. The number of anilines is 1. The number of aromatic nitrogens is 4. The molecule has 1 heterocycles. The number of rotatable bonds is 7. The Morgan fingerprint density at radius 2 is 2.23 bits per heavy atom. The highest BCUT2D eigenvalue weighted by atomic mass is 32.2. The van der Waals surface area contributed by atoms with Gasteiger partial charge in [0.1, 0.15) is 5.82 Å². The summed E-state index contributed by atoms with van der Waals surface area (Å²) in [4.78, 5) is 0. The number of sulfonamides is 1. The number of methoxy groups -OCH3 is 1. The van der Waals surface area contributed by atoms with E-state index in [9.17, 15) is 12.8 Å². The molecule has 10 heteroatoms. The first-order chi connectivity index (χ1) is 10.4. The Balaban J connectivity index is 2.23. The standard InChI is InChI=1S/C12H16FN5O3S/c1-3-9(21-2)7-22(19,20)16-11-6-8(4-5-10(11)13)12-14-17-18-15-12/h4-6,9,16H,3,7H2,1-2H3,(H,14,15,17,18). The number of nitrogens with one attached hydrogen (secondary N) is 2. The number of benzene rings is 1. The molecule has 0 aliphatic carbocycles. The van der Waals surface area contributed by atoms with Crippen LogP contribution < -0.4 is 4.72 Å². The highest BCUT2D eigenvalue weighted by molar-refractivity contribution is 7.92. The van der Waals surface area contributed by atoms with E-state index < -0.39 is 21.9 Å². The number of nitrogens with zero attached hydrogens (tertiary/aromatic N) is 3. The molecule has 8 nitrogen and oxygen atoms in total. The third-order valence-corrected chi connectivity index (χ3v) is 4.37. The van der Waals surface area contributed by atoms with E-state index in [0.717, 1.165) is 6.07 Å². The van der Waals surface area contributed by atoms with Crippen LogP contribution in [0.1, 0.15) is 13.3 Å². The number of hydrogen-bond donors (Lipinski definition) is 2. The van der Waals surface area contributed by atoms with Crippen molar-refractivity contribution in [1.82, 2.24) is 20.6 Å². The van der Waals surface area contributed by atoms with Gasteiger partial charge in [0.25, 0.3) is 0 Å². The first-order valence-corrected chi connectivity index (χ1v) is 8.17. The molecule has 0 saturated carbocycles. The van der Waals surface area contributed by atoms with Crippen LogP contribution in [0, 0.1) is 5.82 Å². The Labute approximate surface area is 127 Å². The van der Waals surface area contributed by atoms with Crippen molar-refractivity contribution in [2.45, 2.75) is 19.4 Å². The minimum atomic E-state index is -3.75. The van der Waals surface area contributed by atoms with E-state index in [2.05, 4.69) is 25.3 Å². The van der Waals surface area contributed by atoms with Gasteiger partial charge in [-0.25, -0.2) is 12.8 Å². The molecular weight excluding hydrogens is 313 g/mol. The molecule has 0 amide bonds. The maximum absolute atomic E-state index is 13.8. The van der Waals surface area contributed by atoms with E-state index in [1.165, 1.54) is 19.2 Å². The van der Waals surface area contributed by atoms with E-state index in [1.54, 1.807) is 6.92 Å². The molecule has 0 saturated heterocycles. The molecule has 1 aromatic heterocycles. The second kappa shape index (κ2) is 6.79. The van der Waals surface area contributed by atoms with E-state index in [1.807, 2.05) is 0 Å². The summed E-state index contributed by atoms with van der Waals surface area (Å²) in [6.07, 6.45) is 0.0731. The highest BCUT2D eigenvalue weighted by Gasteiger charge is 2.19. The summed E-state index contributed by atoms with van der Waals surface area (Å²) in [5.74, 6) is -0.712. The largest absolute Gasteiger partial charge is 0.380 e. The lowest BCUT2D eigenvalue weighted by Crippen LogP contribution is -2.27. The van der Waals surface area contributed by atoms with Crippen molar-refractivity contribution < 1.29 is 17.5 Å². The molecule has 2 N–H and O–H groups in total. The third-order valence-electron chi connectivity index (χ3n) is 3.03. The van der Waals surface area contributed by atoms with Gasteiger partial charge in [0.2, 0.25) is 15.8 Å². The molecule has 1 atom stereocenters. The van der Waals surface area contributed by atoms with E-state index >= 15 is 0 Å². The van der Waals surface area contributed by atoms with Gasteiger partial charge in [-0.3, -0.25) is 4.72 Å². The predicted molar refractivity (Wildman–Crippen MR) is 78.1 cm³/mol. The van der Waals surface area contributed by atoms with Gasteiger partial charge in [0.05, 0.1) is 17.5 Å². The Kier molecular flexibility index (Phi) is 5.03. The number of ether oxygens (including phenoxy) is 1. The van der Waals surface area contributed by atoms with Crippen molar-refractivity contribution in [3.63, 3.8) is 0 Å². The Morgan fingerprint density at radius 1 is 1.45 bits per heavy atom. The van der Waals surface area contributed by atoms with Crippen LogP contribution in [-0.2, 0) is 14.8 Å². The summed E-state index contributed by atoms with van der Waals surface area (Å²) < 4.78 is 45.2. The van der Waals surface area contributed by atoms with Crippen LogP contribution in [0.5, 0.6) is 0 Å². The van der Waals surface area contributed by atoms with E-state index in [-0.39, 0.29) is 17.3 Å². The van der Waals surface area contributed by atoms with Crippen LogP contribution in [0.3, 0.4) is 0 Å². The van der Waals surface area contributed by atoms with Crippen molar-refractivity contribution >= 4 is 15.7 Å². The molecule has 0 fully saturated rings. The monoisotopic (exact) mass is 329 g/mol. The molecular formula is C12H16FN5O3S. The van der Waals surface area contributed by atoms with Crippen molar-refractivity contribution in [2.24, 2.45) is 0 Å². The van der Waals surface area contributed by atoms with Crippen LogP contribution in [0.15, 0.2) is 18.2 Å². The molecule has 1 unspecified atom stereocenters. The molecule has 0 aliphatic heterocycles. The van der Waals surface area contributed by atoms with Gasteiger partial charge in [-0.15, -0.1) is 10.2 Å². The quantitative estimate of drug-likeness (QED) is 0.789. The lowest BCUT2D eigenvalue weighted by atomic mass is 10.2. The third kappa shape index (κ3) is 3.98. The lowest BCUT2D eigenvalue weighted by Gasteiger charge is -2.15. The Bertz CT molecular complexity index is 716. The Morgan fingerprint density at radius 3 is 2.82 bits per heavy atom. The van der Waals surface area contributed by atoms with Gasteiger partial charge < -0.3 is 4.74 Å². The van der Waals surface area contributed by atoms with E-state index in [0.29, 0.717) is 12.0 Å². The van der Waals surface area contributed by atoms with Crippen LogP contribution in [0.25, 0.3) is 11.4 Å². The first kappa shape index (κ1) is 16.3. The van der Waals surface area contributed by atoms with Gasteiger partial charge >= 0.3 is 0 Å². The van der Waals surface area contributed by atoms with Crippen LogP contribution in [-0.4, -0.2) is 48.0 Å². The lowest BCUT2D eigenvalue weighted by molar-refractivity contribution is 0.117. The van der Waals surface area contributed by atoms with Gasteiger partial charge in [-0.1, -0.05) is 6.92 Å². The SMILES string of the molecule is CCC(CS(=O)(=O)Nc1cc(-c2nn[nH]n2)ccc1F)OC. The molecule has 1 aromatic carbocycles. The molecule has 22 heavy (non-hydrogen) atoms. The normalized spacial score (nSPS) is 13.0. The number of halogens is 1. The molecule has 2 rings (SSSR count). The minimum Gasteiger partial charge on any atom is -0.380 e. The fourth-order valence-electron chi connectivity index (χ4n) is 1.83. The summed E-state index contributed by atoms with van der Waals surface area (Å²) in [5, 5.41) is 13.2. The number of hydrogen-bond acceptors (Lipinski definition) is 6. The zero-order chi connectivity index (χ0) is 16.2. The van der Waals surface area contributed by atoms with Crippen LogP contribution >= 0.6 is 0 Å². The summed E-state index contributed by atoms with van der Waals surface area (Å²) in [5.41, 5.74) is 0.264. The first-order valence-electron chi connectivity index (χ1n) is 6.52. The number of tetrazole rings is 1. The van der Waals surface area contributed by atoms with Gasteiger partial charge in [0.15, 0.2) is 0 Å². The summed E-state index contributed by atoms with van der Waals surface area (Å²) in [6.45, 7) is 1.81. The molecule has 120 valence electrons. The molecule has 0 radical (unpaired) electrons. The predicted octanol–water partition coefficient (Wildman–Crippen LogP) is 1.17. The molecule has 0 aliphatic rings. The van der Waals surface area contributed by atoms with Crippen molar-refractivity contribution in [1.29, 1.82) is 0 Å². The van der Waals surface area contributed by atoms with Crippen molar-refractivity contribution in [2.75, 3.05) is 17.6 Å². The number of aromatic amines is 1. The van der Waals surface area contributed by atoms with Crippen LogP contribution in [0.2, 0.25) is 0 Å². The van der Waals surface area contributed by atoms with E-state index in [4.69, 9.17) is 4.74 Å². The van der Waals surface area contributed by atoms with Crippen molar-refractivity contribution in [3.8, 4) is 11.4 Å². The number of H-pyrrole nitrogens is 1. The van der Waals surface area contributed by atoms with Gasteiger partial charge in [-0.2, -0.15) is 5.21 Å². The molecule has 0 spiro atoms. The van der Waals surface area contributed by atoms with Gasteiger partial charge in [0, 0.05) is 12.7 Å². The van der Waals surface area contributed by atoms with Crippen LogP contribution in [0.4, 0.5) is 10.1 Å². The smallest absolute Gasteiger partial charge is 0.235 e. The van der Waals surface area contributed by atoms with Crippen molar-refractivity contribution in [3.05, 3.63) is 24.0 Å². The fraction of sp³-hybridized carbons (Fsp3) is 0.417. The maximum atomic E-state index is 13.8. The Hall–Kier alpha value is -2.07. The maximum Gasteiger partial charge on any atom is 0.235 e. The fourth-order valence-corrected chi connectivity index (χ4v) is 3.27. The molecule has 0 bridgehead atoms. The average molecular weight is 329 g/mol. The summed E-state index contributed by atoms with van der Waals surface area (Å²) in [7, 11) is -2.31. The van der Waals surface area contributed by atoms with Gasteiger partial charge in [-0.05, 0) is 29.8 Å². The average Bonchev–Trinajstić information content (AvgIpc) is 3.01. The summed E-state index contributed by atoms with van der Waals surface area (Å²) >= 11 is 0. The summed E-state index contributed by atoms with van der Waals surface area (Å²) in [6, 6.07) is 3.88. The zero-order valence-corrected chi connectivity index (χ0v) is 12.9. The zero-order valence-electron chi connectivity index (χ0n) is 12.1. The minimum absolute atomic E-state index is 0.173. The topological polar surface area (TPSA) is 110 Å². The second-order valence-corrected chi connectivity index (χ2v) is 6.35. The highest BCUT2D eigenvalue weighted by Crippen LogP contribution is 2.23. The molecule has 2 aromatic rings.